The van der Waals surface area contributed by atoms with E-state index in [-0.39, 0.29) is 32.1 Å². The van der Waals surface area contributed by atoms with Gasteiger partial charge in [0.2, 0.25) is 5.96 Å². The molecule has 11 heteroatoms. The average molecular weight is 370 g/mol. The van der Waals surface area contributed by atoms with Crippen molar-refractivity contribution in [2.24, 2.45) is 27.2 Å². The molecule has 0 aliphatic rings. The van der Waals surface area contributed by atoms with Gasteiger partial charge in [-0.05, 0) is 15.9 Å². The minimum Gasteiger partial charge on any atom is -0.370 e. The molecule has 0 heterocycles. The van der Waals surface area contributed by atoms with Crippen LogP contribution in [0, 0.1) is 10.1 Å². The SMILES string of the molecule is NC(N)=NC(N)=Nc1c([N+](=O)[O-])cc(Cl)c(Cl)c1Br. The third-order valence-electron chi connectivity index (χ3n) is 1.78. The smallest absolute Gasteiger partial charge is 0.297 e. The number of benzene rings is 1. The van der Waals surface area contributed by atoms with Crippen molar-refractivity contribution in [3.8, 4) is 0 Å². The molecule has 0 saturated heterocycles. The van der Waals surface area contributed by atoms with Crippen LogP contribution in [0.15, 0.2) is 20.5 Å². The van der Waals surface area contributed by atoms with E-state index in [1.54, 1.807) is 0 Å². The fourth-order valence-electron chi connectivity index (χ4n) is 1.09. The summed E-state index contributed by atoms with van der Waals surface area (Å²) in [4.78, 5) is 17.4. The van der Waals surface area contributed by atoms with Crippen molar-refractivity contribution in [3.63, 3.8) is 0 Å². The monoisotopic (exact) mass is 368 g/mol. The third kappa shape index (κ3) is 3.69. The predicted octanol–water partition coefficient (Wildman–Crippen LogP) is 1.88. The lowest BCUT2D eigenvalue weighted by atomic mass is 10.2. The van der Waals surface area contributed by atoms with E-state index < -0.39 is 10.6 Å². The summed E-state index contributed by atoms with van der Waals surface area (Å²) in [5, 5.41) is 11.0. The number of hydrogen-bond acceptors (Lipinski definition) is 3. The van der Waals surface area contributed by atoms with Gasteiger partial charge >= 0.3 is 0 Å². The van der Waals surface area contributed by atoms with Gasteiger partial charge in [-0.1, -0.05) is 23.2 Å². The molecule has 1 aromatic carbocycles. The van der Waals surface area contributed by atoms with Crippen LogP contribution in [-0.4, -0.2) is 16.8 Å². The number of nitro benzene ring substituents is 1. The highest BCUT2D eigenvalue weighted by atomic mass is 79.9. The van der Waals surface area contributed by atoms with Crippen molar-refractivity contribution < 1.29 is 4.92 Å². The zero-order chi connectivity index (χ0) is 14.7. The lowest BCUT2D eigenvalue weighted by Crippen LogP contribution is -2.26. The van der Waals surface area contributed by atoms with Crippen LogP contribution in [0.25, 0.3) is 0 Å². The van der Waals surface area contributed by atoms with Gasteiger partial charge in [-0.25, -0.2) is 4.99 Å². The summed E-state index contributed by atoms with van der Waals surface area (Å²) in [5.74, 6) is -0.692. The summed E-state index contributed by atoms with van der Waals surface area (Å²) in [7, 11) is 0. The second kappa shape index (κ2) is 6.04. The van der Waals surface area contributed by atoms with Crippen LogP contribution in [0.5, 0.6) is 0 Å². The molecule has 1 aromatic rings. The molecule has 6 N–H and O–H groups in total. The Morgan fingerprint density at radius 2 is 1.95 bits per heavy atom. The molecule has 0 amide bonds. The first-order chi connectivity index (χ1) is 8.73. The van der Waals surface area contributed by atoms with E-state index in [2.05, 4.69) is 25.9 Å². The summed E-state index contributed by atoms with van der Waals surface area (Å²) in [6.07, 6.45) is 0. The van der Waals surface area contributed by atoms with Crippen molar-refractivity contribution >= 4 is 62.4 Å². The lowest BCUT2D eigenvalue weighted by Gasteiger charge is -2.05. The Labute approximate surface area is 125 Å². The third-order valence-corrected chi connectivity index (χ3v) is 3.57. The molecule has 0 aliphatic carbocycles. The van der Waals surface area contributed by atoms with Gasteiger partial charge in [0, 0.05) is 6.07 Å². The van der Waals surface area contributed by atoms with E-state index in [1.165, 1.54) is 0 Å². The predicted molar refractivity (Wildman–Crippen MR) is 77.9 cm³/mol. The first kappa shape index (κ1) is 15.5. The lowest BCUT2D eigenvalue weighted by molar-refractivity contribution is -0.384. The molecule has 0 aliphatic heterocycles. The molecule has 0 saturated carbocycles. The van der Waals surface area contributed by atoms with E-state index in [0.717, 1.165) is 6.07 Å². The van der Waals surface area contributed by atoms with Gasteiger partial charge < -0.3 is 17.2 Å². The molecule has 8 nitrogen and oxygen atoms in total. The highest BCUT2D eigenvalue weighted by molar-refractivity contribution is 9.10. The Morgan fingerprint density at radius 1 is 1.37 bits per heavy atom. The normalized spacial score (nSPS) is 11.2. The highest BCUT2D eigenvalue weighted by Crippen LogP contribution is 2.44. The van der Waals surface area contributed by atoms with Crippen LogP contribution in [0.4, 0.5) is 11.4 Å². The minimum absolute atomic E-state index is 0.000367. The maximum absolute atomic E-state index is 10.9. The van der Waals surface area contributed by atoms with Crippen molar-refractivity contribution in [3.05, 3.63) is 30.7 Å². The van der Waals surface area contributed by atoms with Gasteiger partial charge in [0.25, 0.3) is 5.69 Å². The molecule has 0 bridgehead atoms. The molecule has 0 fully saturated rings. The average Bonchev–Trinajstić information content (AvgIpc) is 2.28. The van der Waals surface area contributed by atoms with Gasteiger partial charge in [-0.3, -0.25) is 10.1 Å². The van der Waals surface area contributed by atoms with Crippen molar-refractivity contribution in [1.82, 2.24) is 0 Å². The standard InChI is InChI=1S/C8H7BrCl2N6O2/c9-4-5(11)2(10)1-3(17(18)19)6(4)15-8(14)16-7(12)13/h1H,(H6,12,13,14,15,16). The first-order valence-corrected chi connectivity index (χ1v) is 6.04. The molecule has 19 heavy (non-hydrogen) atoms. The van der Waals surface area contributed by atoms with Crippen LogP contribution in [0.1, 0.15) is 0 Å². The zero-order valence-corrected chi connectivity index (χ0v) is 12.2. The van der Waals surface area contributed by atoms with Crippen LogP contribution in [0.2, 0.25) is 10.0 Å². The van der Waals surface area contributed by atoms with Crippen LogP contribution < -0.4 is 17.2 Å². The molecule has 0 spiro atoms. The summed E-state index contributed by atoms with van der Waals surface area (Å²) in [6, 6.07) is 1.05. The van der Waals surface area contributed by atoms with Gasteiger partial charge in [-0.2, -0.15) is 4.99 Å². The summed E-state index contributed by atoms with van der Waals surface area (Å²) < 4.78 is 0.113. The summed E-state index contributed by atoms with van der Waals surface area (Å²) in [5.41, 5.74) is 15.1. The molecule has 0 atom stereocenters. The largest absolute Gasteiger partial charge is 0.370 e. The summed E-state index contributed by atoms with van der Waals surface area (Å²) in [6.45, 7) is 0. The number of halogens is 3. The number of aliphatic imine (C=N–C) groups is 2. The number of nitrogens with zero attached hydrogens (tertiary/aromatic N) is 3. The maximum Gasteiger partial charge on any atom is 0.297 e. The van der Waals surface area contributed by atoms with E-state index >= 15 is 0 Å². The molecule has 0 radical (unpaired) electrons. The van der Waals surface area contributed by atoms with E-state index in [9.17, 15) is 10.1 Å². The van der Waals surface area contributed by atoms with Crippen LogP contribution in [-0.2, 0) is 0 Å². The minimum atomic E-state index is -0.686. The van der Waals surface area contributed by atoms with E-state index in [4.69, 9.17) is 40.4 Å². The van der Waals surface area contributed by atoms with Gasteiger partial charge in [0.05, 0.1) is 19.4 Å². The van der Waals surface area contributed by atoms with E-state index in [0.29, 0.717) is 0 Å². The fraction of sp³-hybridized carbons (Fsp3) is 0. The Morgan fingerprint density at radius 3 is 2.42 bits per heavy atom. The molecule has 0 aromatic heterocycles. The molecule has 102 valence electrons. The number of hydrogen-bond donors (Lipinski definition) is 3. The Hall–Kier alpha value is -1.58. The second-order valence-electron chi connectivity index (χ2n) is 3.12. The molecular formula is C8H7BrCl2N6O2. The quantitative estimate of drug-likeness (QED) is 0.239. The highest BCUT2D eigenvalue weighted by Gasteiger charge is 2.22. The van der Waals surface area contributed by atoms with Crippen molar-refractivity contribution in [2.75, 3.05) is 0 Å². The zero-order valence-electron chi connectivity index (χ0n) is 9.10. The van der Waals surface area contributed by atoms with Gasteiger partial charge in [-0.15, -0.1) is 0 Å². The second-order valence-corrected chi connectivity index (χ2v) is 4.70. The van der Waals surface area contributed by atoms with Crippen LogP contribution in [0.3, 0.4) is 0 Å². The molecule has 0 unspecified atom stereocenters. The van der Waals surface area contributed by atoms with Crippen LogP contribution >= 0.6 is 39.1 Å². The number of nitro groups is 1. The first-order valence-electron chi connectivity index (χ1n) is 4.49. The Bertz CT molecular complexity index is 599. The van der Waals surface area contributed by atoms with Gasteiger partial charge in [0.15, 0.2) is 11.6 Å². The van der Waals surface area contributed by atoms with Gasteiger partial charge in [0.1, 0.15) is 0 Å². The topological polar surface area (TPSA) is 146 Å². The molecular weight excluding hydrogens is 363 g/mol. The number of nitrogens with two attached hydrogens (primary N) is 3. The van der Waals surface area contributed by atoms with Crippen molar-refractivity contribution in [1.29, 1.82) is 0 Å². The molecule has 1 rings (SSSR count). The number of guanidine groups is 2. The summed E-state index contributed by atoms with van der Waals surface area (Å²) >= 11 is 14.6. The maximum atomic E-state index is 10.9. The Kier molecular flexibility index (Phi) is 4.92. The number of rotatable bonds is 2. The Balaban J connectivity index is 3.54. The van der Waals surface area contributed by atoms with E-state index in [1.807, 2.05) is 0 Å². The van der Waals surface area contributed by atoms with Crippen molar-refractivity contribution in [2.45, 2.75) is 0 Å². The fourth-order valence-corrected chi connectivity index (χ4v) is 2.05.